The second kappa shape index (κ2) is 6.54. The van der Waals surface area contributed by atoms with Crippen LogP contribution in [-0.4, -0.2) is 19.2 Å². The lowest BCUT2D eigenvalue weighted by atomic mass is 10.0. The number of aryl methyl sites for hydroxylation is 1. The van der Waals surface area contributed by atoms with Gasteiger partial charge in [-0.25, -0.2) is 4.79 Å². The van der Waals surface area contributed by atoms with Crippen LogP contribution in [0.4, 0.5) is 0 Å². The maximum atomic E-state index is 13.0. The van der Waals surface area contributed by atoms with Gasteiger partial charge in [-0.15, -0.1) is 0 Å². The van der Waals surface area contributed by atoms with Crippen molar-refractivity contribution in [3.05, 3.63) is 86.7 Å². The molecule has 2 aromatic heterocycles. The number of phenols is 1. The molecule has 28 heavy (non-hydrogen) atoms. The van der Waals surface area contributed by atoms with Crippen molar-refractivity contribution in [2.45, 2.75) is 6.04 Å². The zero-order valence-corrected chi connectivity index (χ0v) is 15.5. The Morgan fingerprint density at radius 1 is 1.00 bits per heavy atom. The summed E-state index contributed by atoms with van der Waals surface area (Å²) in [6.45, 7) is 0. The number of hydrogen-bond acceptors (Lipinski definition) is 4. The lowest BCUT2D eigenvalue weighted by Gasteiger charge is -2.13. The van der Waals surface area contributed by atoms with Gasteiger partial charge < -0.3 is 15.8 Å². The van der Waals surface area contributed by atoms with Crippen LogP contribution >= 0.6 is 0 Å². The van der Waals surface area contributed by atoms with Crippen LogP contribution in [0.15, 0.2) is 64.2 Å². The third-order valence-electron chi connectivity index (χ3n) is 5.03. The van der Waals surface area contributed by atoms with Gasteiger partial charge in [0.25, 0.3) is 5.56 Å². The van der Waals surface area contributed by atoms with Gasteiger partial charge in [-0.2, -0.15) is 0 Å². The maximum absolute atomic E-state index is 13.0. The highest BCUT2D eigenvalue weighted by Gasteiger charge is 2.24. The van der Waals surface area contributed by atoms with Gasteiger partial charge in [0.05, 0.1) is 28.3 Å². The van der Waals surface area contributed by atoms with Crippen molar-refractivity contribution < 1.29 is 5.11 Å². The zero-order valence-electron chi connectivity index (χ0n) is 15.5. The first-order valence-corrected chi connectivity index (χ1v) is 8.81. The van der Waals surface area contributed by atoms with E-state index in [0.29, 0.717) is 27.9 Å². The van der Waals surface area contributed by atoms with E-state index < -0.39 is 11.7 Å². The zero-order chi connectivity index (χ0) is 20.0. The molecule has 7 heteroatoms. The minimum atomic E-state index is -0.662. The summed E-state index contributed by atoms with van der Waals surface area (Å²) in [6.07, 6.45) is 0. The summed E-state index contributed by atoms with van der Waals surface area (Å²) in [5.74, 6) is 0.0943. The first-order chi connectivity index (χ1) is 13.4. The van der Waals surface area contributed by atoms with E-state index in [0.717, 1.165) is 10.1 Å². The van der Waals surface area contributed by atoms with E-state index in [4.69, 9.17) is 5.73 Å². The fourth-order valence-corrected chi connectivity index (χ4v) is 3.57. The largest absolute Gasteiger partial charge is 0.508 e. The van der Waals surface area contributed by atoms with Gasteiger partial charge in [0, 0.05) is 14.1 Å². The summed E-state index contributed by atoms with van der Waals surface area (Å²) < 4.78 is 2.52. The highest BCUT2D eigenvalue weighted by Crippen LogP contribution is 2.32. The van der Waals surface area contributed by atoms with Crippen LogP contribution in [0.2, 0.25) is 0 Å². The second-order valence-corrected chi connectivity index (χ2v) is 6.78. The summed E-state index contributed by atoms with van der Waals surface area (Å²) in [5, 5.41) is 10.2. The van der Waals surface area contributed by atoms with Crippen LogP contribution in [-0.2, 0) is 14.1 Å². The molecule has 0 amide bonds. The molecule has 4 N–H and O–H groups in total. The topological polar surface area (TPSA) is 106 Å². The molecule has 0 aliphatic heterocycles. The molecule has 0 aliphatic carbocycles. The van der Waals surface area contributed by atoms with E-state index in [2.05, 4.69) is 4.98 Å². The van der Waals surface area contributed by atoms with Crippen molar-refractivity contribution >= 4 is 10.9 Å². The lowest BCUT2D eigenvalue weighted by molar-refractivity contribution is 0.474. The predicted octanol–water partition coefficient (Wildman–Crippen LogP) is 1.99. The molecule has 0 radical (unpaired) electrons. The van der Waals surface area contributed by atoms with Crippen LogP contribution in [0, 0.1) is 0 Å². The van der Waals surface area contributed by atoms with Crippen LogP contribution in [0.1, 0.15) is 17.3 Å². The Morgan fingerprint density at radius 2 is 1.71 bits per heavy atom. The molecule has 2 heterocycles. The SMILES string of the molecule is Cn1c(=O)c2c(-c3ccccc3)[nH]c(C(N)c3cccc(O)c3)c2n(C)c1=O. The number of nitrogens with zero attached hydrogens (tertiary/aromatic N) is 2. The number of fused-ring (bicyclic) bond motifs is 1. The standard InChI is InChI=1S/C21H20N4O3/c1-24-19-15(20(27)25(2)21(24)28)17(12-7-4-3-5-8-12)23-18(19)16(22)13-9-6-10-14(26)11-13/h3-11,16,23,26H,22H2,1-2H3. The van der Waals surface area contributed by atoms with Gasteiger partial charge in [-0.05, 0) is 23.3 Å². The Kier molecular flexibility index (Phi) is 4.16. The van der Waals surface area contributed by atoms with Crippen LogP contribution in [0.25, 0.3) is 22.2 Å². The Labute approximate surface area is 160 Å². The summed E-state index contributed by atoms with van der Waals surface area (Å²) in [5.41, 5.74) is 8.75. The smallest absolute Gasteiger partial charge is 0.331 e. The molecule has 0 bridgehead atoms. The van der Waals surface area contributed by atoms with Gasteiger partial charge >= 0.3 is 5.69 Å². The summed E-state index contributed by atoms with van der Waals surface area (Å²) in [7, 11) is 3.08. The van der Waals surface area contributed by atoms with E-state index in [1.807, 2.05) is 30.3 Å². The number of hydrogen-bond donors (Lipinski definition) is 3. The summed E-state index contributed by atoms with van der Waals surface area (Å²) in [4.78, 5) is 28.8. The molecule has 4 rings (SSSR count). The van der Waals surface area contributed by atoms with Crippen molar-refractivity contribution in [2.75, 3.05) is 0 Å². The van der Waals surface area contributed by atoms with E-state index >= 15 is 0 Å². The fourth-order valence-electron chi connectivity index (χ4n) is 3.57. The molecule has 4 aromatic rings. The summed E-state index contributed by atoms with van der Waals surface area (Å²) >= 11 is 0. The normalized spacial score (nSPS) is 12.4. The number of aromatic nitrogens is 3. The van der Waals surface area contributed by atoms with Gasteiger partial charge in [-0.1, -0.05) is 42.5 Å². The monoisotopic (exact) mass is 376 g/mol. The van der Waals surface area contributed by atoms with Crippen molar-refractivity contribution in [1.29, 1.82) is 0 Å². The quantitative estimate of drug-likeness (QED) is 0.508. The molecule has 0 saturated carbocycles. The van der Waals surface area contributed by atoms with Gasteiger partial charge in [0.1, 0.15) is 5.75 Å². The third kappa shape index (κ3) is 2.64. The summed E-state index contributed by atoms with van der Waals surface area (Å²) in [6, 6.07) is 15.4. The molecule has 7 nitrogen and oxygen atoms in total. The molecule has 0 fully saturated rings. The van der Waals surface area contributed by atoms with E-state index in [-0.39, 0.29) is 11.3 Å². The highest BCUT2D eigenvalue weighted by molar-refractivity contribution is 5.95. The van der Waals surface area contributed by atoms with Crippen molar-refractivity contribution in [2.24, 2.45) is 19.8 Å². The fraction of sp³-hybridized carbons (Fsp3) is 0.143. The number of aromatic hydroxyl groups is 1. The Hall–Kier alpha value is -3.58. The number of benzene rings is 2. The average molecular weight is 376 g/mol. The van der Waals surface area contributed by atoms with Crippen LogP contribution < -0.4 is 17.0 Å². The lowest BCUT2D eigenvalue weighted by Crippen LogP contribution is -2.37. The molecular formula is C21H20N4O3. The van der Waals surface area contributed by atoms with Gasteiger partial charge in [0.15, 0.2) is 0 Å². The number of rotatable bonds is 3. The molecule has 0 spiro atoms. The number of nitrogens with two attached hydrogens (primary N) is 1. The molecule has 1 unspecified atom stereocenters. The van der Waals surface area contributed by atoms with E-state index in [1.54, 1.807) is 31.3 Å². The molecular weight excluding hydrogens is 356 g/mol. The number of H-pyrrole nitrogens is 1. The minimum absolute atomic E-state index is 0.0943. The number of aromatic amines is 1. The molecule has 0 aliphatic rings. The molecule has 0 saturated heterocycles. The van der Waals surface area contributed by atoms with Crippen LogP contribution in [0.3, 0.4) is 0 Å². The first kappa shape index (κ1) is 17.8. The average Bonchev–Trinajstić information content (AvgIpc) is 3.11. The van der Waals surface area contributed by atoms with Crippen molar-refractivity contribution in [3.63, 3.8) is 0 Å². The van der Waals surface area contributed by atoms with Crippen molar-refractivity contribution in [3.8, 4) is 17.0 Å². The molecule has 1 atom stereocenters. The van der Waals surface area contributed by atoms with Crippen LogP contribution in [0.5, 0.6) is 5.75 Å². The number of phenolic OH excluding ortho intramolecular Hbond substituents is 1. The van der Waals surface area contributed by atoms with Gasteiger partial charge in [0.2, 0.25) is 0 Å². The molecule has 2 aromatic carbocycles. The highest BCUT2D eigenvalue weighted by atomic mass is 16.3. The van der Waals surface area contributed by atoms with Crippen molar-refractivity contribution in [1.82, 2.24) is 14.1 Å². The predicted molar refractivity (Wildman–Crippen MR) is 108 cm³/mol. The van der Waals surface area contributed by atoms with E-state index in [1.165, 1.54) is 11.6 Å². The molecule has 142 valence electrons. The Morgan fingerprint density at radius 3 is 2.39 bits per heavy atom. The number of nitrogens with one attached hydrogen (secondary N) is 1. The first-order valence-electron chi connectivity index (χ1n) is 8.81. The third-order valence-corrected chi connectivity index (χ3v) is 5.03. The Bertz CT molecular complexity index is 1300. The maximum Gasteiger partial charge on any atom is 0.331 e. The van der Waals surface area contributed by atoms with E-state index in [9.17, 15) is 14.7 Å². The Balaban J connectivity index is 2.10. The second-order valence-electron chi connectivity index (χ2n) is 6.78. The minimum Gasteiger partial charge on any atom is -0.508 e. The van der Waals surface area contributed by atoms with Gasteiger partial charge in [-0.3, -0.25) is 13.9 Å².